The zero-order valence-corrected chi connectivity index (χ0v) is 34.1. The molecule has 0 aromatic heterocycles. The first-order valence-corrected chi connectivity index (χ1v) is 29.8. The molecule has 0 saturated heterocycles. The highest BCUT2D eigenvalue weighted by Crippen LogP contribution is 2.36. The van der Waals surface area contributed by atoms with Crippen molar-refractivity contribution in [2.75, 3.05) is 6.61 Å². The zero-order chi connectivity index (χ0) is 35.4. The number of hydrogen-bond donors (Lipinski definition) is 0. The van der Waals surface area contributed by atoms with Crippen molar-refractivity contribution in [3.8, 4) is 0 Å². The van der Waals surface area contributed by atoms with Gasteiger partial charge in [0, 0.05) is 18.4 Å². The van der Waals surface area contributed by atoms with Gasteiger partial charge < -0.3 is 21.2 Å². The smallest absolute Gasteiger partial charge is 0.388 e. The van der Waals surface area contributed by atoms with E-state index in [1.165, 1.54) is 0 Å². The number of unbranched alkanes of at least 4 members (excludes halogenated alkanes) is 2. The number of carbonyl (C=O) groups is 1. The molecule has 0 rings (SSSR count). The van der Waals surface area contributed by atoms with Crippen molar-refractivity contribution >= 4 is 48.3 Å². The van der Waals surface area contributed by atoms with Gasteiger partial charge in [0.1, 0.15) is 0 Å². The summed E-state index contributed by atoms with van der Waals surface area (Å²) in [6.45, 7) is 21.9. The molecule has 6 nitrogen and oxygen atoms in total. The normalized spacial score (nSPS) is 17.3. The van der Waals surface area contributed by atoms with E-state index in [0.717, 1.165) is 25.7 Å². The van der Waals surface area contributed by atoms with Crippen LogP contribution >= 0.6 is 0 Å². The minimum Gasteiger partial charge on any atom is -0.462 e. The Kier molecular flexibility index (Phi) is 18.4. The Morgan fingerprint density at radius 2 is 1.00 bits per heavy atom. The summed E-state index contributed by atoms with van der Waals surface area (Å²) in [4.78, 5) is 11.9. The van der Waals surface area contributed by atoms with Gasteiger partial charge in [-0.05, 0) is 89.4 Å². The summed E-state index contributed by atoms with van der Waals surface area (Å²) in [5.74, 6) is -0.527. The summed E-state index contributed by atoms with van der Waals surface area (Å²) in [6.07, 6.45) is -6.90. The van der Waals surface area contributed by atoms with E-state index >= 15 is 0 Å². The fourth-order valence-corrected chi connectivity index (χ4v) is 32.4. The van der Waals surface area contributed by atoms with Gasteiger partial charge in [0.05, 0.1) is 6.61 Å². The van der Waals surface area contributed by atoms with Crippen LogP contribution in [0.3, 0.4) is 0 Å². The van der Waals surface area contributed by atoms with E-state index in [9.17, 15) is 31.1 Å². The van der Waals surface area contributed by atoms with Crippen LogP contribution in [0.5, 0.6) is 0 Å². The number of alkyl halides is 6. The summed E-state index contributed by atoms with van der Waals surface area (Å²) < 4.78 is 111. The van der Waals surface area contributed by atoms with E-state index in [-0.39, 0.29) is 24.3 Å². The minimum atomic E-state index is -4.29. The number of hydrogen-bond acceptors (Lipinski definition) is 6. The first-order chi connectivity index (χ1) is 20.2. The molecule has 0 aromatic rings. The molecule has 0 aliphatic rings. The average molecular weight is 745 g/mol. The number of halogens is 6. The maximum Gasteiger partial charge on any atom is 0.388 e. The molecule has 268 valence electrons. The zero-order valence-electron chi connectivity index (χ0n) is 29.1. The van der Waals surface area contributed by atoms with Crippen LogP contribution in [0.1, 0.15) is 65.7 Å². The molecule has 0 spiro atoms. The van der Waals surface area contributed by atoms with Crippen molar-refractivity contribution < 1.29 is 52.3 Å². The van der Waals surface area contributed by atoms with Crippen molar-refractivity contribution in [1.29, 1.82) is 0 Å². The number of carbonyl (C=O) groups excluding carboxylic acids is 1. The van der Waals surface area contributed by atoms with Gasteiger partial charge in [-0.15, -0.1) is 0 Å². The van der Waals surface area contributed by atoms with E-state index < -0.39 is 73.5 Å². The highest BCUT2D eigenvalue weighted by atomic mass is 28.5. The molecular weight excluding hydrogens is 687 g/mol. The van der Waals surface area contributed by atoms with E-state index in [1.54, 1.807) is 6.92 Å². The molecule has 45 heavy (non-hydrogen) atoms. The summed E-state index contributed by atoms with van der Waals surface area (Å²) in [5.41, 5.74) is 0.261. The first kappa shape index (κ1) is 44.7. The number of esters is 1. The molecule has 0 saturated carbocycles. The molecule has 2 atom stereocenters. The van der Waals surface area contributed by atoms with Crippen LogP contribution in [0.2, 0.25) is 76.0 Å². The second-order valence-corrected chi connectivity index (χ2v) is 33.1. The third-order valence-corrected chi connectivity index (χ3v) is 29.2. The van der Waals surface area contributed by atoms with Crippen molar-refractivity contribution in [1.82, 2.24) is 0 Å². The van der Waals surface area contributed by atoms with Crippen LogP contribution in [0, 0.1) is 0 Å². The van der Waals surface area contributed by atoms with Crippen LogP contribution in [0.4, 0.5) is 26.3 Å². The van der Waals surface area contributed by atoms with E-state index in [2.05, 4.69) is 6.58 Å². The van der Waals surface area contributed by atoms with Crippen molar-refractivity contribution in [3.05, 3.63) is 12.2 Å². The molecule has 0 radical (unpaired) electrons. The lowest BCUT2D eigenvalue weighted by Crippen LogP contribution is -2.60. The standard InChI is InChI=1S/C28H58F6O6Si5/c1-12-14-20-43(9,23-17-27(29,30)31)37-41(5,6)39-45(11,22-16-19-36-26(35)25(3)4)40-42(7,8)38-44(10,21-15-13-2)24-18-28(32,33)34/h3,12-24H2,1-2,4-11H3. The highest BCUT2D eigenvalue weighted by Gasteiger charge is 2.50. The van der Waals surface area contributed by atoms with Gasteiger partial charge in [-0.3, -0.25) is 0 Å². The maximum absolute atomic E-state index is 13.2. The maximum atomic E-state index is 13.2. The van der Waals surface area contributed by atoms with Crippen molar-refractivity contribution in [2.24, 2.45) is 0 Å². The second-order valence-electron chi connectivity index (χ2n) is 13.7. The molecular formula is C28H58F6O6Si5. The van der Waals surface area contributed by atoms with Gasteiger partial charge in [-0.1, -0.05) is 46.1 Å². The van der Waals surface area contributed by atoms with Gasteiger partial charge in [-0.2, -0.15) is 26.3 Å². The van der Waals surface area contributed by atoms with Crippen molar-refractivity contribution in [3.63, 3.8) is 0 Å². The molecule has 2 unspecified atom stereocenters. The van der Waals surface area contributed by atoms with Gasteiger partial charge in [0.25, 0.3) is 0 Å². The van der Waals surface area contributed by atoms with E-state index in [4.69, 9.17) is 21.2 Å². The first-order valence-electron chi connectivity index (χ1n) is 16.0. The summed E-state index contributed by atoms with van der Waals surface area (Å²) in [7, 11) is -15.1. The van der Waals surface area contributed by atoms with Crippen LogP contribution in [-0.2, 0) is 26.0 Å². The Morgan fingerprint density at radius 3 is 1.31 bits per heavy atom. The van der Waals surface area contributed by atoms with Crippen LogP contribution in [-0.4, -0.2) is 67.2 Å². The quantitative estimate of drug-likeness (QED) is 0.0341. The van der Waals surface area contributed by atoms with Crippen molar-refractivity contribution in [2.45, 2.75) is 154 Å². The van der Waals surface area contributed by atoms with E-state index in [1.807, 2.05) is 59.7 Å². The Bertz CT molecular complexity index is 869. The Morgan fingerprint density at radius 1 is 0.622 bits per heavy atom. The predicted molar refractivity (Wildman–Crippen MR) is 180 cm³/mol. The topological polar surface area (TPSA) is 63.2 Å². The summed E-state index contributed by atoms with van der Waals surface area (Å²) >= 11 is 0. The third-order valence-electron chi connectivity index (χ3n) is 7.26. The number of rotatable bonds is 23. The van der Waals surface area contributed by atoms with Crippen LogP contribution < -0.4 is 0 Å². The lowest BCUT2D eigenvalue weighted by molar-refractivity contribution is -0.139. The van der Waals surface area contributed by atoms with Crippen LogP contribution in [0.15, 0.2) is 12.2 Å². The molecule has 0 aliphatic carbocycles. The molecule has 0 aromatic carbocycles. The lowest BCUT2D eigenvalue weighted by Gasteiger charge is -2.45. The molecule has 0 N–H and O–H groups in total. The van der Waals surface area contributed by atoms with Crippen LogP contribution in [0.25, 0.3) is 0 Å². The lowest BCUT2D eigenvalue weighted by atomic mass is 10.4. The predicted octanol–water partition coefficient (Wildman–Crippen LogP) is 10.7. The average Bonchev–Trinajstić information content (AvgIpc) is 2.84. The molecule has 0 amide bonds. The Balaban J connectivity index is 6.22. The highest BCUT2D eigenvalue weighted by molar-refractivity contribution is 6.91. The summed E-state index contributed by atoms with van der Waals surface area (Å²) in [5, 5.41) is 0. The third kappa shape index (κ3) is 21.3. The minimum absolute atomic E-state index is 0.0732. The number of ether oxygens (including phenoxy) is 1. The molecule has 0 bridgehead atoms. The second kappa shape index (κ2) is 18.5. The van der Waals surface area contributed by atoms with E-state index in [0.29, 0.717) is 24.6 Å². The van der Waals surface area contributed by atoms with Gasteiger partial charge >= 0.3 is 44.0 Å². The fourth-order valence-electron chi connectivity index (χ4n) is 5.44. The molecule has 0 fully saturated rings. The van der Waals surface area contributed by atoms with Gasteiger partial charge in [0.2, 0.25) is 0 Å². The molecule has 0 aliphatic heterocycles. The molecule has 0 heterocycles. The largest absolute Gasteiger partial charge is 0.462 e. The summed E-state index contributed by atoms with van der Waals surface area (Å²) in [6, 6.07) is 1.35. The van der Waals surface area contributed by atoms with Gasteiger partial charge in [0.15, 0.2) is 16.6 Å². The van der Waals surface area contributed by atoms with Gasteiger partial charge in [-0.25, -0.2) is 4.79 Å². The fraction of sp³-hybridized carbons (Fsp3) is 0.893. The molecule has 17 heteroatoms. The Hall–Kier alpha value is -0.286. The monoisotopic (exact) mass is 744 g/mol. The Labute approximate surface area is 273 Å². The SMILES string of the molecule is C=C(C)C(=O)OCCC[Si](C)(O[Si](C)(C)O[Si](C)(CCCC)CCC(F)(F)F)O[Si](C)(C)O[Si](C)(CCCC)CCC(F)(F)F.